The molecule has 0 radical (unpaired) electrons. The third-order valence-corrected chi connectivity index (χ3v) is 3.12. The summed E-state index contributed by atoms with van der Waals surface area (Å²) in [4.78, 5) is 4.04. The number of rotatable bonds is 2. The van der Waals surface area contributed by atoms with E-state index in [2.05, 4.69) is 10.3 Å². The maximum absolute atomic E-state index is 8.69. The molecule has 1 N–H and O–H groups in total. The van der Waals surface area contributed by atoms with Gasteiger partial charge >= 0.3 is 0 Å². The summed E-state index contributed by atoms with van der Waals surface area (Å²) in [6.07, 6.45) is 0. The highest BCUT2D eigenvalue weighted by Gasteiger charge is 2.07. The lowest BCUT2D eigenvalue weighted by Gasteiger charge is -2.08. The molecule has 0 bridgehead atoms. The van der Waals surface area contributed by atoms with Gasteiger partial charge in [0.2, 0.25) is 0 Å². The van der Waals surface area contributed by atoms with Gasteiger partial charge in [-0.3, -0.25) is 0 Å². The number of nitrogens with zero attached hydrogens (tertiary/aromatic N) is 2. The van der Waals surface area contributed by atoms with E-state index >= 15 is 0 Å². The second kappa shape index (κ2) is 5.45. The maximum Gasteiger partial charge on any atom is 0.151 e. The molecule has 0 aliphatic carbocycles. The van der Waals surface area contributed by atoms with E-state index in [9.17, 15) is 0 Å². The fourth-order valence-electron chi connectivity index (χ4n) is 1.30. The van der Waals surface area contributed by atoms with Crippen molar-refractivity contribution in [3.8, 4) is 6.07 Å². The quantitative estimate of drug-likeness (QED) is 0.820. The van der Waals surface area contributed by atoms with Crippen molar-refractivity contribution in [3.63, 3.8) is 0 Å². The Balaban J connectivity index is 2.28. The van der Waals surface area contributed by atoms with E-state index in [4.69, 9.17) is 40.1 Å². The van der Waals surface area contributed by atoms with E-state index in [0.29, 0.717) is 21.4 Å². The SMILES string of the molecule is N#Cc1ccc(Nc2nc(Cl)c(Cl)cc2Cl)cc1. The van der Waals surface area contributed by atoms with Gasteiger partial charge < -0.3 is 5.32 Å². The van der Waals surface area contributed by atoms with Crippen LogP contribution in [-0.2, 0) is 0 Å². The summed E-state index contributed by atoms with van der Waals surface area (Å²) in [6.45, 7) is 0. The van der Waals surface area contributed by atoms with Crippen molar-refractivity contribution in [1.29, 1.82) is 5.26 Å². The van der Waals surface area contributed by atoms with Gasteiger partial charge in [-0.05, 0) is 30.3 Å². The molecule has 2 aromatic rings. The molecule has 0 aliphatic heterocycles. The third kappa shape index (κ3) is 2.85. The zero-order valence-corrected chi connectivity index (χ0v) is 11.2. The Labute approximate surface area is 119 Å². The number of pyridine rings is 1. The first-order chi connectivity index (χ1) is 8.60. The first-order valence-electron chi connectivity index (χ1n) is 4.89. The summed E-state index contributed by atoms with van der Waals surface area (Å²) in [5.41, 5.74) is 1.33. The Bertz CT molecular complexity index is 618. The highest BCUT2D eigenvalue weighted by atomic mass is 35.5. The van der Waals surface area contributed by atoms with Crippen molar-refractivity contribution in [3.05, 3.63) is 51.1 Å². The normalized spacial score (nSPS) is 9.89. The second-order valence-electron chi connectivity index (χ2n) is 3.41. The van der Waals surface area contributed by atoms with Crippen molar-refractivity contribution < 1.29 is 0 Å². The highest BCUT2D eigenvalue weighted by molar-refractivity contribution is 6.43. The van der Waals surface area contributed by atoms with E-state index < -0.39 is 0 Å². The van der Waals surface area contributed by atoms with E-state index in [0.717, 1.165) is 5.69 Å². The van der Waals surface area contributed by atoms with E-state index in [-0.39, 0.29) is 5.15 Å². The van der Waals surface area contributed by atoms with Crippen LogP contribution >= 0.6 is 34.8 Å². The van der Waals surface area contributed by atoms with Crippen molar-refractivity contribution in [2.75, 3.05) is 5.32 Å². The summed E-state index contributed by atoms with van der Waals surface area (Å²) in [5.74, 6) is 0.413. The molecule has 18 heavy (non-hydrogen) atoms. The molecule has 2 rings (SSSR count). The minimum Gasteiger partial charge on any atom is -0.339 e. The van der Waals surface area contributed by atoms with Crippen LogP contribution in [0.25, 0.3) is 0 Å². The molecule has 0 unspecified atom stereocenters. The van der Waals surface area contributed by atoms with E-state index in [1.807, 2.05) is 6.07 Å². The topological polar surface area (TPSA) is 48.7 Å². The van der Waals surface area contributed by atoms with Crippen LogP contribution in [0.3, 0.4) is 0 Å². The van der Waals surface area contributed by atoms with Crippen molar-refractivity contribution in [2.45, 2.75) is 0 Å². The van der Waals surface area contributed by atoms with Gasteiger partial charge in [0.1, 0.15) is 5.15 Å². The van der Waals surface area contributed by atoms with Gasteiger partial charge in [-0.15, -0.1) is 0 Å². The molecular formula is C12H6Cl3N3. The number of hydrogen-bond donors (Lipinski definition) is 1. The summed E-state index contributed by atoms with van der Waals surface area (Å²) < 4.78 is 0. The maximum atomic E-state index is 8.69. The molecule has 1 aromatic heterocycles. The van der Waals surface area contributed by atoms with Gasteiger partial charge in [0, 0.05) is 5.69 Å². The first kappa shape index (κ1) is 13.0. The fourth-order valence-corrected chi connectivity index (χ4v) is 1.84. The van der Waals surface area contributed by atoms with Gasteiger partial charge in [-0.25, -0.2) is 4.98 Å². The number of nitriles is 1. The smallest absolute Gasteiger partial charge is 0.151 e. The highest BCUT2D eigenvalue weighted by Crippen LogP contribution is 2.30. The first-order valence-corrected chi connectivity index (χ1v) is 6.02. The molecule has 0 fully saturated rings. The van der Waals surface area contributed by atoms with Crippen LogP contribution in [0.5, 0.6) is 0 Å². The second-order valence-corrected chi connectivity index (χ2v) is 4.58. The van der Waals surface area contributed by atoms with Crippen LogP contribution in [0.15, 0.2) is 30.3 Å². The molecule has 1 heterocycles. The zero-order valence-electron chi connectivity index (χ0n) is 8.92. The number of halogens is 3. The lowest BCUT2D eigenvalue weighted by molar-refractivity contribution is 1.31. The van der Waals surface area contributed by atoms with Crippen LogP contribution in [0.4, 0.5) is 11.5 Å². The monoisotopic (exact) mass is 297 g/mol. The summed E-state index contributed by atoms with van der Waals surface area (Å²) in [6, 6.07) is 10.4. The molecule has 3 nitrogen and oxygen atoms in total. The van der Waals surface area contributed by atoms with Gasteiger partial charge in [0.25, 0.3) is 0 Å². The molecule has 0 spiro atoms. The lowest BCUT2D eigenvalue weighted by atomic mass is 10.2. The number of anilines is 2. The standard InChI is InChI=1S/C12H6Cl3N3/c13-9-5-10(14)12(18-11(9)15)17-8-3-1-7(6-16)2-4-8/h1-5H,(H,17,18). The Morgan fingerprint density at radius 3 is 2.33 bits per heavy atom. The third-order valence-electron chi connectivity index (χ3n) is 2.16. The predicted octanol–water partition coefficient (Wildman–Crippen LogP) is 4.66. The van der Waals surface area contributed by atoms with Crippen molar-refractivity contribution in [1.82, 2.24) is 4.98 Å². The van der Waals surface area contributed by atoms with Crippen LogP contribution in [0, 0.1) is 11.3 Å². The molecule has 90 valence electrons. The average molecular weight is 299 g/mol. The Morgan fingerprint density at radius 2 is 1.72 bits per heavy atom. The molecule has 1 aromatic carbocycles. The van der Waals surface area contributed by atoms with E-state index in [1.54, 1.807) is 24.3 Å². The van der Waals surface area contributed by atoms with Gasteiger partial charge in [-0.1, -0.05) is 34.8 Å². The van der Waals surface area contributed by atoms with Crippen LogP contribution < -0.4 is 5.32 Å². The molecule has 0 saturated heterocycles. The fraction of sp³-hybridized carbons (Fsp3) is 0. The number of aromatic nitrogens is 1. The predicted molar refractivity (Wildman–Crippen MR) is 73.7 cm³/mol. The number of nitrogens with one attached hydrogen (secondary N) is 1. The van der Waals surface area contributed by atoms with Crippen molar-refractivity contribution >= 4 is 46.3 Å². The van der Waals surface area contributed by atoms with Crippen molar-refractivity contribution in [2.24, 2.45) is 0 Å². The van der Waals surface area contributed by atoms with Crippen LogP contribution in [0.1, 0.15) is 5.56 Å². The Kier molecular flexibility index (Phi) is 3.93. The summed E-state index contributed by atoms with van der Waals surface area (Å²) >= 11 is 17.6. The number of hydrogen-bond acceptors (Lipinski definition) is 3. The Morgan fingerprint density at radius 1 is 1.06 bits per heavy atom. The summed E-state index contributed by atoms with van der Waals surface area (Å²) in [7, 11) is 0. The molecule has 0 amide bonds. The molecule has 0 saturated carbocycles. The molecule has 6 heteroatoms. The molecule has 0 aliphatic rings. The zero-order chi connectivity index (χ0) is 13.1. The van der Waals surface area contributed by atoms with Gasteiger partial charge in [-0.2, -0.15) is 5.26 Å². The van der Waals surface area contributed by atoms with Gasteiger partial charge in [0.05, 0.1) is 21.7 Å². The summed E-state index contributed by atoms with van der Waals surface area (Å²) in [5, 5.41) is 12.5. The van der Waals surface area contributed by atoms with Crippen LogP contribution in [-0.4, -0.2) is 4.98 Å². The molecular weight excluding hydrogens is 293 g/mol. The lowest BCUT2D eigenvalue weighted by Crippen LogP contribution is -1.95. The minimum atomic E-state index is 0.178. The largest absolute Gasteiger partial charge is 0.339 e. The van der Waals surface area contributed by atoms with Crippen LogP contribution in [0.2, 0.25) is 15.2 Å². The van der Waals surface area contributed by atoms with Gasteiger partial charge in [0.15, 0.2) is 5.82 Å². The number of benzene rings is 1. The average Bonchev–Trinajstić information content (AvgIpc) is 2.37. The molecule has 0 atom stereocenters. The minimum absolute atomic E-state index is 0.178. The Hall–Kier alpha value is -1.47. The van der Waals surface area contributed by atoms with E-state index in [1.165, 1.54) is 6.07 Å².